The van der Waals surface area contributed by atoms with Gasteiger partial charge < -0.3 is 15.4 Å². The minimum atomic E-state index is 0.610. The molecule has 0 amide bonds. The summed E-state index contributed by atoms with van der Waals surface area (Å²) in [5.74, 6) is 0.799. The molecule has 0 atom stereocenters. The summed E-state index contributed by atoms with van der Waals surface area (Å²) < 4.78 is 5.13. The second-order valence-electron chi connectivity index (χ2n) is 5.42. The highest BCUT2D eigenvalue weighted by atomic mass is 35.5. The van der Waals surface area contributed by atoms with Crippen LogP contribution in [0.25, 0.3) is 0 Å². The van der Waals surface area contributed by atoms with Crippen molar-refractivity contribution in [3.05, 3.63) is 70.2 Å². The summed E-state index contributed by atoms with van der Waals surface area (Å²) in [5.41, 5.74) is 3.50. The van der Waals surface area contributed by atoms with E-state index in [9.17, 15) is 0 Å². The van der Waals surface area contributed by atoms with Gasteiger partial charge in [-0.2, -0.15) is 0 Å². The molecule has 0 radical (unpaired) electrons. The zero-order chi connectivity index (χ0) is 17.2. The highest BCUT2D eigenvalue weighted by Crippen LogP contribution is 2.10. The van der Waals surface area contributed by atoms with E-state index in [0.717, 1.165) is 29.6 Å². The minimum absolute atomic E-state index is 0.610. The maximum Gasteiger partial charge on any atom is 0.191 e. The Morgan fingerprint density at radius 1 is 0.958 bits per heavy atom. The van der Waals surface area contributed by atoms with Crippen molar-refractivity contribution in [3.8, 4) is 0 Å². The molecule has 0 saturated carbocycles. The normalized spacial score (nSPS) is 11.4. The molecule has 4 nitrogen and oxygen atoms in total. The van der Waals surface area contributed by atoms with Gasteiger partial charge >= 0.3 is 0 Å². The lowest BCUT2D eigenvalue weighted by Crippen LogP contribution is -2.36. The number of guanidine groups is 1. The molecule has 0 aliphatic rings. The molecule has 2 aromatic rings. The summed E-state index contributed by atoms with van der Waals surface area (Å²) in [6.45, 7) is 4.84. The molecule has 2 rings (SSSR count). The largest absolute Gasteiger partial charge is 0.380 e. The summed E-state index contributed by atoms with van der Waals surface area (Å²) in [6.07, 6.45) is 0. The average Bonchev–Trinajstić information content (AvgIpc) is 2.60. The number of nitrogens with zero attached hydrogens (tertiary/aromatic N) is 1. The molecule has 0 unspecified atom stereocenters. The molecular formula is C19H24ClN3O. The molecule has 0 heterocycles. The van der Waals surface area contributed by atoms with Gasteiger partial charge in [-0.1, -0.05) is 48.0 Å². The predicted molar refractivity (Wildman–Crippen MR) is 100 cm³/mol. The molecule has 0 aliphatic heterocycles. The Bertz CT molecular complexity index is 639. The van der Waals surface area contributed by atoms with Gasteiger partial charge in [-0.15, -0.1) is 0 Å². The van der Waals surface area contributed by atoms with Crippen LogP contribution in [0.3, 0.4) is 0 Å². The number of rotatable bonds is 7. The van der Waals surface area contributed by atoms with Crippen molar-refractivity contribution in [1.29, 1.82) is 0 Å². The van der Waals surface area contributed by atoms with Gasteiger partial charge in [-0.25, -0.2) is 4.99 Å². The lowest BCUT2D eigenvalue weighted by Gasteiger charge is -2.12. The average molecular weight is 346 g/mol. The van der Waals surface area contributed by atoms with E-state index in [1.807, 2.05) is 24.3 Å². The lowest BCUT2D eigenvalue weighted by molar-refractivity contribution is 0.185. The van der Waals surface area contributed by atoms with Crippen molar-refractivity contribution >= 4 is 17.6 Å². The van der Waals surface area contributed by atoms with Crippen LogP contribution >= 0.6 is 11.6 Å². The molecule has 0 saturated heterocycles. The summed E-state index contributed by atoms with van der Waals surface area (Å²) in [7, 11) is 1.70. The quantitative estimate of drug-likeness (QED) is 0.593. The summed E-state index contributed by atoms with van der Waals surface area (Å²) >= 11 is 5.90. The van der Waals surface area contributed by atoms with Crippen LogP contribution in [0.15, 0.2) is 53.5 Å². The van der Waals surface area contributed by atoms with Crippen molar-refractivity contribution < 1.29 is 4.74 Å². The van der Waals surface area contributed by atoms with E-state index in [2.05, 4.69) is 46.8 Å². The van der Waals surface area contributed by atoms with Gasteiger partial charge in [0, 0.05) is 25.2 Å². The zero-order valence-electron chi connectivity index (χ0n) is 14.2. The maximum absolute atomic E-state index is 5.90. The van der Waals surface area contributed by atoms with Gasteiger partial charge in [0.25, 0.3) is 0 Å². The standard InChI is InChI=1S/C19H24ClN3O/c1-3-21-19(23-13-16-8-10-18(20)11-9-16)22-12-15-4-6-17(7-5-15)14-24-2/h4-11H,3,12-14H2,1-2H3,(H2,21,22,23). The Morgan fingerprint density at radius 2 is 1.58 bits per heavy atom. The van der Waals surface area contributed by atoms with E-state index in [1.54, 1.807) is 7.11 Å². The SMILES string of the molecule is CCNC(=NCc1ccc(Cl)cc1)NCc1ccc(COC)cc1. The van der Waals surface area contributed by atoms with Gasteiger partial charge in [0.05, 0.1) is 13.2 Å². The number of hydrogen-bond acceptors (Lipinski definition) is 2. The van der Waals surface area contributed by atoms with E-state index in [0.29, 0.717) is 13.2 Å². The topological polar surface area (TPSA) is 45.7 Å². The number of benzene rings is 2. The fourth-order valence-corrected chi connectivity index (χ4v) is 2.33. The Morgan fingerprint density at radius 3 is 2.21 bits per heavy atom. The van der Waals surface area contributed by atoms with Crippen LogP contribution in [0.1, 0.15) is 23.6 Å². The van der Waals surface area contributed by atoms with Crippen LogP contribution in [0.4, 0.5) is 0 Å². The third kappa shape index (κ3) is 6.22. The third-order valence-electron chi connectivity index (χ3n) is 3.47. The lowest BCUT2D eigenvalue weighted by atomic mass is 10.1. The van der Waals surface area contributed by atoms with Gasteiger partial charge in [0.15, 0.2) is 5.96 Å². The third-order valence-corrected chi connectivity index (χ3v) is 3.72. The highest BCUT2D eigenvalue weighted by Gasteiger charge is 2.00. The number of methoxy groups -OCH3 is 1. The summed E-state index contributed by atoms with van der Waals surface area (Å²) in [4.78, 5) is 4.61. The molecular weight excluding hydrogens is 322 g/mol. The first-order chi connectivity index (χ1) is 11.7. The monoisotopic (exact) mass is 345 g/mol. The van der Waals surface area contributed by atoms with E-state index in [-0.39, 0.29) is 0 Å². The first kappa shape index (κ1) is 18.3. The van der Waals surface area contributed by atoms with Crippen molar-refractivity contribution in [1.82, 2.24) is 10.6 Å². The van der Waals surface area contributed by atoms with Crippen LogP contribution in [-0.4, -0.2) is 19.6 Å². The first-order valence-corrected chi connectivity index (χ1v) is 8.42. The highest BCUT2D eigenvalue weighted by molar-refractivity contribution is 6.30. The first-order valence-electron chi connectivity index (χ1n) is 8.04. The van der Waals surface area contributed by atoms with Crippen LogP contribution < -0.4 is 10.6 Å². The van der Waals surface area contributed by atoms with Crippen molar-refractivity contribution in [2.24, 2.45) is 4.99 Å². The fourth-order valence-electron chi connectivity index (χ4n) is 2.21. The van der Waals surface area contributed by atoms with Gasteiger partial charge in [-0.3, -0.25) is 0 Å². The number of ether oxygens (including phenoxy) is 1. The van der Waals surface area contributed by atoms with Crippen LogP contribution in [0.5, 0.6) is 0 Å². The van der Waals surface area contributed by atoms with Gasteiger partial charge in [0.1, 0.15) is 0 Å². The second-order valence-corrected chi connectivity index (χ2v) is 5.86. The number of hydrogen-bond donors (Lipinski definition) is 2. The Kier molecular flexibility index (Phi) is 7.59. The van der Waals surface area contributed by atoms with Gasteiger partial charge in [-0.05, 0) is 35.7 Å². The summed E-state index contributed by atoms with van der Waals surface area (Å²) in [6, 6.07) is 16.1. The molecule has 0 bridgehead atoms. The van der Waals surface area contributed by atoms with E-state index in [1.165, 1.54) is 11.1 Å². The molecule has 2 aromatic carbocycles. The minimum Gasteiger partial charge on any atom is -0.380 e. The smallest absolute Gasteiger partial charge is 0.191 e. The number of nitrogens with one attached hydrogen (secondary N) is 2. The van der Waals surface area contributed by atoms with E-state index >= 15 is 0 Å². The van der Waals surface area contributed by atoms with Crippen molar-refractivity contribution in [3.63, 3.8) is 0 Å². The molecule has 0 fully saturated rings. The maximum atomic E-state index is 5.90. The van der Waals surface area contributed by atoms with Crippen LogP contribution in [-0.2, 0) is 24.4 Å². The van der Waals surface area contributed by atoms with Crippen molar-refractivity contribution in [2.75, 3.05) is 13.7 Å². The second kappa shape index (κ2) is 9.96. The molecule has 0 spiro atoms. The van der Waals surface area contributed by atoms with E-state index in [4.69, 9.17) is 16.3 Å². The molecule has 5 heteroatoms. The Hall–Kier alpha value is -2.04. The van der Waals surface area contributed by atoms with Gasteiger partial charge in [0.2, 0.25) is 0 Å². The molecule has 128 valence electrons. The van der Waals surface area contributed by atoms with Crippen LogP contribution in [0, 0.1) is 0 Å². The Labute approximate surface area is 148 Å². The van der Waals surface area contributed by atoms with Crippen molar-refractivity contribution in [2.45, 2.75) is 26.6 Å². The molecule has 24 heavy (non-hydrogen) atoms. The number of aliphatic imine (C=N–C) groups is 1. The predicted octanol–water partition coefficient (Wildman–Crippen LogP) is 3.74. The molecule has 2 N–H and O–H groups in total. The molecule has 0 aliphatic carbocycles. The Balaban J connectivity index is 1.92. The zero-order valence-corrected chi connectivity index (χ0v) is 14.9. The van der Waals surface area contributed by atoms with E-state index < -0.39 is 0 Å². The fraction of sp³-hybridized carbons (Fsp3) is 0.316. The van der Waals surface area contributed by atoms with Crippen LogP contribution in [0.2, 0.25) is 5.02 Å². The molecule has 0 aromatic heterocycles. The number of halogens is 1. The summed E-state index contributed by atoms with van der Waals surface area (Å²) in [5, 5.41) is 7.35.